The quantitative estimate of drug-likeness (QED) is 0.151. The molecule has 4 N–H and O–H groups in total. The van der Waals surface area contributed by atoms with Crippen molar-refractivity contribution in [3.8, 4) is 0 Å². The number of unbranched alkanes of at least 4 members (excludes halogenated alkanes) is 1. The van der Waals surface area contributed by atoms with Crippen molar-refractivity contribution >= 4 is 35.3 Å². The highest BCUT2D eigenvalue weighted by molar-refractivity contribution is 6.38. The van der Waals surface area contributed by atoms with E-state index in [4.69, 9.17) is 0 Å². The third-order valence-electron chi connectivity index (χ3n) is 9.85. The number of amides is 5. The van der Waals surface area contributed by atoms with Crippen LogP contribution in [-0.4, -0.2) is 87.4 Å². The summed E-state index contributed by atoms with van der Waals surface area (Å²) in [6.07, 6.45) is 12.3. The largest absolute Gasteiger partial charge is 0.346 e. The van der Waals surface area contributed by atoms with E-state index in [0.717, 1.165) is 38.5 Å². The summed E-state index contributed by atoms with van der Waals surface area (Å²) in [5, 5.41) is 11.2. The van der Waals surface area contributed by atoms with Gasteiger partial charge < -0.3 is 26.2 Å². The third kappa shape index (κ3) is 10.7. The zero-order valence-corrected chi connectivity index (χ0v) is 30.6. The number of carbonyl (C=O) groups excluding carboxylic acids is 6. The van der Waals surface area contributed by atoms with Crippen LogP contribution in [0.4, 0.5) is 0 Å². The van der Waals surface area contributed by atoms with Crippen molar-refractivity contribution in [1.29, 1.82) is 0 Å². The molecule has 2 aliphatic rings. The van der Waals surface area contributed by atoms with Crippen molar-refractivity contribution in [1.82, 2.24) is 36.1 Å². The highest BCUT2D eigenvalue weighted by Crippen LogP contribution is 2.34. The van der Waals surface area contributed by atoms with Crippen LogP contribution in [0.2, 0.25) is 0 Å². The molecule has 1 aliphatic heterocycles. The summed E-state index contributed by atoms with van der Waals surface area (Å²) in [7, 11) is 0. The molecule has 1 saturated carbocycles. The molecular weight excluding hydrogens is 638 g/mol. The number of Topliss-reactive ketones (excluding diaryl/α,β-unsaturated/α-hetero) is 1. The van der Waals surface area contributed by atoms with Crippen LogP contribution in [0.3, 0.4) is 0 Å². The smallest absolute Gasteiger partial charge is 0.289 e. The molecule has 0 bridgehead atoms. The Hall–Kier alpha value is -4.16. The predicted molar refractivity (Wildman–Crippen MR) is 189 cm³/mol. The van der Waals surface area contributed by atoms with Gasteiger partial charge in [0.05, 0.1) is 12.2 Å². The first-order chi connectivity index (χ1) is 23.7. The van der Waals surface area contributed by atoms with E-state index in [1.807, 2.05) is 41.5 Å². The first-order valence-corrected chi connectivity index (χ1v) is 18.1. The predicted octanol–water partition coefficient (Wildman–Crippen LogP) is 3.11. The fraction of sp³-hybridized carbons (Fsp3) is 0.676. The molecule has 0 spiro atoms. The minimum Gasteiger partial charge on any atom is -0.346 e. The van der Waals surface area contributed by atoms with Crippen molar-refractivity contribution in [2.75, 3.05) is 13.1 Å². The van der Waals surface area contributed by atoms with Crippen LogP contribution >= 0.6 is 0 Å². The number of hydrogen-bond donors (Lipinski definition) is 4. The summed E-state index contributed by atoms with van der Waals surface area (Å²) in [6, 6.07) is -3.90. The number of ketones is 1. The van der Waals surface area contributed by atoms with E-state index in [9.17, 15) is 28.8 Å². The molecular formula is C37H57N7O6. The molecule has 5 amide bonds. The first-order valence-electron chi connectivity index (χ1n) is 18.1. The van der Waals surface area contributed by atoms with E-state index in [2.05, 4.69) is 37.8 Å². The first kappa shape index (κ1) is 40.3. The highest BCUT2D eigenvalue weighted by Gasteiger charge is 2.48. The molecule has 3 rings (SSSR count). The maximum atomic E-state index is 14.6. The molecule has 276 valence electrons. The summed E-state index contributed by atoms with van der Waals surface area (Å²) in [6.45, 7) is 15.4. The molecule has 13 nitrogen and oxygen atoms in total. The van der Waals surface area contributed by atoms with Crippen molar-refractivity contribution in [2.24, 2.45) is 23.2 Å². The zero-order valence-electron chi connectivity index (χ0n) is 30.6. The van der Waals surface area contributed by atoms with Gasteiger partial charge in [0.15, 0.2) is 0 Å². The van der Waals surface area contributed by atoms with Crippen LogP contribution in [0.1, 0.15) is 110 Å². The van der Waals surface area contributed by atoms with Crippen LogP contribution in [0.15, 0.2) is 31.2 Å². The van der Waals surface area contributed by atoms with Gasteiger partial charge in [-0.15, -0.1) is 6.58 Å². The van der Waals surface area contributed by atoms with Gasteiger partial charge in [0.2, 0.25) is 23.5 Å². The Kier molecular flexibility index (Phi) is 15.1. The van der Waals surface area contributed by atoms with Crippen LogP contribution in [-0.2, 0) is 24.0 Å². The summed E-state index contributed by atoms with van der Waals surface area (Å²) in [4.78, 5) is 91.3. The number of carbonyl (C=O) groups is 6. The number of hydrogen-bond acceptors (Lipinski definition) is 8. The lowest BCUT2D eigenvalue weighted by atomic mass is 9.82. The molecule has 5 atom stereocenters. The van der Waals surface area contributed by atoms with Crippen LogP contribution in [0, 0.1) is 23.2 Å². The van der Waals surface area contributed by atoms with Crippen LogP contribution < -0.4 is 21.3 Å². The second-order valence-electron chi connectivity index (χ2n) is 15.0. The molecule has 2 heterocycles. The maximum Gasteiger partial charge on any atom is 0.289 e. The molecule has 1 saturated heterocycles. The van der Waals surface area contributed by atoms with Crippen molar-refractivity contribution in [2.45, 2.75) is 123 Å². The van der Waals surface area contributed by atoms with Crippen molar-refractivity contribution in [3.05, 3.63) is 36.9 Å². The summed E-state index contributed by atoms with van der Waals surface area (Å²) < 4.78 is 0. The van der Waals surface area contributed by atoms with E-state index >= 15 is 0 Å². The SMILES string of the molecule is C=CCNC(=O)C(=O)C(CCCC)NC(=O)[C@@H]1[C@@H](C(C)C)CCN1C(=O)[C@@H](NC(=O)[C@@H](NC(=O)c1cnccn1)C1CCCCC1)C(C)(C)C. The van der Waals surface area contributed by atoms with E-state index in [1.165, 1.54) is 29.6 Å². The summed E-state index contributed by atoms with van der Waals surface area (Å²) in [5.74, 6) is -3.79. The Bertz CT molecular complexity index is 1360. The normalized spacial score (nSPS) is 19.9. The summed E-state index contributed by atoms with van der Waals surface area (Å²) in [5.41, 5.74) is -0.678. The van der Waals surface area contributed by atoms with Gasteiger partial charge in [-0.25, -0.2) is 4.98 Å². The summed E-state index contributed by atoms with van der Waals surface area (Å²) >= 11 is 0. The maximum absolute atomic E-state index is 14.6. The lowest BCUT2D eigenvalue weighted by Gasteiger charge is -2.38. The van der Waals surface area contributed by atoms with Crippen LogP contribution in [0.5, 0.6) is 0 Å². The van der Waals surface area contributed by atoms with Gasteiger partial charge in [-0.1, -0.05) is 79.7 Å². The Morgan fingerprint density at radius 3 is 2.28 bits per heavy atom. The van der Waals surface area contributed by atoms with Gasteiger partial charge in [0.25, 0.3) is 11.8 Å². The minimum atomic E-state index is -1.05. The van der Waals surface area contributed by atoms with Gasteiger partial charge in [0, 0.05) is 25.5 Å². The molecule has 50 heavy (non-hydrogen) atoms. The molecule has 13 heteroatoms. The Morgan fingerprint density at radius 1 is 1.00 bits per heavy atom. The van der Waals surface area contributed by atoms with Gasteiger partial charge in [-0.2, -0.15) is 0 Å². The van der Waals surface area contributed by atoms with E-state index < -0.39 is 64.9 Å². The van der Waals surface area contributed by atoms with Gasteiger partial charge >= 0.3 is 0 Å². The van der Waals surface area contributed by atoms with Crippen LogP contribution in [0.25, 0.3) is 0 Å². The second kappa shape index (κ2) is 18.7. The Labute approximate surface area is 296 Å². The zero-order chi connectivity index (χ0) is 37.0. The molecule has 2 fully saturated rings. The van der Waals surface area contributed by atoms with Gasteiger partial charge in [-0.05, 0) is 48.9 Å². The number of rotatable bonds is 16. The molecule has 1 aliphatic carbocycles. The molecule has 1 aromatic heterocycles. The van der Waals surface area contributed by atoms with Gasteiger partial charge in [-0.3, -0.25) is 33.8 Å². The fourth-order valence-corrected chi connectivity index (χ4v) is 6.98. The lowest BCUT2D eigenvalue weighted by molar-refractivity contribution is -0.146. The van der Waals surface area contributed by atoms with Crippen molar-refractivity contribution in [3.63, 3.8) is 0 Å². The average molecular weight is 696 g/mol. The highest BCUT2D eigenvalue weighted by atomic mass is 16.2. The minimum absolute atomic E-state index is 0.0268. The second-order valence-corrected chi connectivity index (χ2v) is 15.0. The fourth-order valence-electron chi connectivity index (χ4n) is 6.98. The number of nitrogens with zero attached hydrogens (tertiary/aromatic N) is 3. The third-order valence-corrected chi connectivity index (χ3v) is 9.85. The molecule has 1 unspecified atom stereocenters. The average Bonchev–Trinajstić information content (AvgIpc) is 3.56. The number of nitrogens with one attached hydrogen (secondary N) is 4. The van der Waals surface area contributed by atoms with Crippen molar-refractivity contribution < 1.29 is 28.8 Å². The van der Waals surface area contributed by atoms with E-state index in [1.54, 1.807) is 0 Å². The van der Waals surface area contributed by atoms with E-state index in [-0.39, 0.29) is 43.0 Å². The number of aromatic nitrogens is 2. The Morgan fingerprint density at radius 2 is 1.70 bits per heavy atom. The Balaban J connectivity index is 1.89. The van der Waals surface area contributed by atoms with Gasteiger partial charge in [0.1, 0.15) is 23.8 Å². The standard InChI is InChI=1S/C37H57N7O6/c1-8-10-16-26(30(45)35(49)40-18-9-2)41-34(48)29-25(23(3)4)17-21-44(29)36(50)31(37(5,6)7)43-33(47)28(24-14-12-11-13-15-24)42-32(46)27-22-38-19-20-39-27/h9,19-20,22-26,28-29,31H,2,8,10-18,21H2,1,3-7H3,(H,40,49)(H,41,48)(H,42,46)(H,43,47)/t25-,26?,28+,29+,31-/m1/s1. The monoisotopic (exact) mass is 695 g/mol. The molecule has 0 aromatic carbocycles. The molecule has 1 aromatic rings. The lowest BCUT2D eigenvalue weighted by Crippen LogP contribution is -2.62. The molecule has 0 radical (unpaired) electrons. The number of likely N-dealkylation sites (tertiary alicyclic amines) is 1. The van der Waals surface area contributed by atoms with E-state index in [0.29, 0.717) is 12.8 Å². The topological polar surface area (TPSA) is 180 Å².